The van der Waals surface area contributed by atoms with Gasteiger partial charge in [0.2, 0.25) is 0 Å². The molecule has 3 heteroatoms. The van der Waals surface area contributed by atoms with Crippen molar-refractivity contribution in [1.82, 2.24) is 0 Å². The van der Waals surface area contributed by atoms with Gasteiger partial charge in [-0.3, -0.25) is 0 Å². The summed E-state index contributed by atoms with van der Waals surface area (Å²) in [6.07, 6.45) is 7.32. The lowest BCUT2D eigenvalue weighted by Gasteiger charge is -2.46. The molecule has 1 aromatic carbocycles. The average molecular weight is 284 g/mol. The zero-order valence-corrected chi connectivity index (χ0v) is 12.8. The first-order chi connectivity index (χ1) is 10.2. The van der Waals surface area contributed by atoms with Gasteiger partial charge in [-0.2, -0.15) is 5.26 Å². The quantitative estimate of drug-likeness (QED) is 0.899. The van der Waals surface area contributed by atoms with Crippen LogP contribution < -0.4 is 4.90 Å². The second kappa shape index (κ2) is 6.07. The molecular weight excluding hydrogens is 260 g/mol. The van der Waals surface area contributed by atoms with Crippen molar-refractivity contribution in [2.24, 2.45) is 5.92 Å². The van der Waals surface area contributed by atoms with E-state index in [2.05, 4.69) is 11.0 Å². The summed E-state index contributed by atoms with van der Waals surface area (Å²) in [4.78, 5) is 2.48. The zero-order chi connectivity index (χ0) is 14.8. The fourth-order valence-electron chi connectivity index (χ4n) is 4.14. The summed E-state index contributed by atoms with van der Waals surface area (Å²) in [6, 6.07) is 8.54. The minimum Gasteiger partial charge on any atom is -0.389 e. The number of hydrogen-bond donors (Lipinski definition) is 1. The van der Waals surface area contributed by atoms with Gasteiger partial charge in [0.15, 0.2) is 0 Å². The van der Waals surface area contributed by atoms with Crippen LogP contribution in [-0.4, -0.2) is 17.7 Å². The Morgan fingerprint density at radius 3 is 2.76 bits per heavy atom. The summed E-state index contributed by atoms with van der Waals surface area (Å²) in [5.74, 6) is 0.792. The second-order valence-corrected chi connectivity index (χ2v) is 6.51. The maximum Gasteiger partial charge on any atom is 0.0992 e. The van der Waals surface area contributed by atoms with Crippen molar-refractivity contribution in [3.05, 3.63) is 29.3 Å². The van der Waals surface area contributed by atoms with Gasteiger partial charge >= 0.3 is 0 Å². The molecule has 1 heterocycles. The molecule has 1 saturated carbocycles. The van der Waals surface area contributed by atoms with Crippen molar-refractivity contribution in [3.8, 4) is 6.07 Å². The van der Waals surface area contributed by atoms with Gasteiger partial charge in [0.25, 0.3) is 0 Å². The molecule has 0 radical (unpaired) electrons. The van der Waals surface area contributed by atoms with Crippen LogP contribution in [0.25, 0.3) is 0 Å². The number of aliphatic hydroxyl groups is 1. The minimum atomic E-state index is -0.489. The van der Waals surface area contributed by atoms with Crippen LogP contribution in [0.5, 0.6) is 0 Å². The summed E-state index contributed by atoms with van der Waals surface area (Å²) >= 11 is 0. The molecule has 1 aliphatic carbocycles. The first kappa shape index (κ1) is 14.4. The predicted molar refractivity (Wildman–Crippen MR) is 84.1 cm³/mol. The number of nitrogens with zero attached hydrogens (tertiary/aromatic N) is 2. The lowest BCUT2D eigenvalue weighted by molar-refractivity contribution is 0.197. The van der Waals surface area contributed by atoms with Crippen LogP contribution in [0.1, 0.15) is 62.7 Å². The molecule has 1 unspecified atom stereocenters. The lowest BCUT2D eigenvalue weighted by atomic mass is 9.78. The average Bonchev–Trinajstić information content (AvgIpc) is 2.53. The van der Waals surface area contributed by atoms with Crippen molar-refractivity contribution < 1.29 is 5.11 Å². The molecule has 1 N–H and O–H groups in total. The van der Waals surface area contributed by atoms with Gasteiger partial charge in [-0.1, -0.05) is 18.9 Å². The van der Waals surface area contributed by atoms with Crippen LogP contribution in [0, 0.1) is 17.2 Å². The number of rotatable bonds is 2. The molecule has 21 heavy (non-hydrogen) atoms. The van der Waals surface area contributed by atoms with E-state index in [-0.39, 0.29) is 0 Å². The van der Waals surface area contributed by atoms with Crippen LogP contribution in [0.2, 0.25) is 0 Å². The summed E-state index contributed by atoms with van der Waals surface area (Å²) in [7, 11) is 0. The highest BCUT2D eigenvalue weighted by Crippen LogP contribution is 2.40. The van der Waals surface area contributed by atoms with Gasteiger partial charge in [-0.25, -0.2) is 0 Å². The molecule has 0 bridgehead atoms. The molecule has 0 aromatic heterocycles. The Hall–Kier alpha value is -1.53. The minimum absolute atomic E-state index is 0.489. The topological polar surface area (TPSA) is 47.3 Å². The number of fused-ring (bicyclic) bond motifs is 1. The Labute approximate surface area is 127 Å². The van der Waals surface area contributed by atoms with Crippen molar-refractivity contribution in [3.63, 3.8) is 0 Å². The maximum atomic E-state index is 10.1. The van der Waals surface area contributed by atoms with Crippen LogP contribution >= 0.6 is 0 Å². The fourth-order valence-corrected chi connectivity index (χ4v) is 4.14. The highest BCUT2D eigenvalue weighted by Gasteiger charge is 2.34. The van der Waals surface area contributed by atoms with Crippen molar-refractivity contribution in [2.75, 3.05) is 11.4 Å². The van der Waals surface area contributed by atoms with Gasteiger partial charge in [0.1, 0.15) is 0 Å². The zero-order valence-electron chi connectivity index (χ0n) is 12.8. The van der Waals surface area contributed by atoms with E-state index in [1.807, 2.05) is 25.1 Å². The van der Waals surface area contributed by atoms with Crippen LogP contribution in [0.15, 0.2) is 18.2 Å². The fraction of sp³-hybridized carbons (Fsp3) is 0.611. The third kappa shape index (κ3) is 2.78. The van der Waals surface area contributed by atoms with Gasteiger partial charge in [-0.15, -0.1) is 0 Å². The Kier molecular flexibility index (Phi) is 4.17. The third-order valence-corrected chi connectivity index (χ3v) is 5.16. The van der Waals surface area contributed by atoms with Crippen molar-refractivity contribution in [2.45, 2.75) is 57.6 Å². The first-order valence-electron chi connectivity index (χ1n) is 8.19. The largest absolute Gasteiger partial charge is 0.389 e. The third-order valence-electron chi connectivity index (χ3n) is 5.16. The molecule has 0 spiro atoms. The molecule has 2 fully saturated rings. The number of anilines is 1. The molecule has 3 nitrogen and oxygen atoms in total. The molecule has 0 amide bonds. The van der Waals surface area contributed by atoms with Crippen LogP contribution in [0.3, 0.4) is 0 Å². The molecule has 1 aliphatic heterocycles. The van der Waals surface area contributed by atoms with E-state index in [1.54, 1.807) is 0 Å². The van der Waals surface area contributed by atoms with E-state index in [0.29, 0.717) is 11.6 Å². The SMILES string of the molecule is CC(O)c1ccc(C#N)cc1N1CCC[C@H]2CCCC[C@H]21. The number of piperidine rings is 1. The van der Waals surface area contributed by atoms with Gasteiger partial charge < -0.3 is 10.0 Å². The van der Waals surface area contributed by atoms with Gasteiger partial charge in [-0.05, 0) is 50.7 Å². The monoisotopic (exact) mass is 284 g/mol. The van der Waals surface area contributed by atoms with E-state index in [0.717, 1.165) is 23.7 Å². The van der Waals surface area contributed by atoms with E-state index in [1.165, 1.54) is 38.5 Å². The Balaban J connectivity index is 1.99. The Bertz CT molecular complexity index is 545. The highest BCUT2D eigenvalue weighted by molar-refractivity contribution is 5.59. The molecule has 2 aliphatic rings. The number of nitriles is 1. The summed E-state index contributed by atoms with van der Waals surface area (Å²) < 4.78 is 0. The van der Waals surface area contributed by atoms with E-state index in [9.17, 15) is 10.4 Å². The van der Waals surface area contributed by atoms with Gasteiger partial charge in [0.05, 0.1) is 17.7 Å². The van der Waals surface area contributed by atoms with Crippen molar-refractivity contribution >= 4 is 5.69 Å². The number of hydrogen-bond acceptors (Lipinski definition) is 3. The summed E-state index contributed by atoms with van der Waals surface area (Å²) in [6.45, 7) is 2.86. The lowest BCUT2D eigenvalue weighted by Crippen LogP contribution is -2.47. The van der Waals surface area contributed by atoms with Crippen molar-refractivity contribution in [1.29, 1.82) is 5.26 Å². The van der Waals surface area contributed by atoms with E-state index in [4.69, 9.17) is 0 Å². The molecular formula is C18H24N2O. The highest BCUT2D eigenvalue weighted by atomic mass is 16.3. The molecule has 3 atom stereocenters. The van der Waals surface area contributed by atoms with E-state index >= 15 is 0 Å². The molecule has 1 aromatic rings. The van der Waals surface area contributed by atoms with Crippen LogP contribution in [-0.2, 0) is 0 Å². The number of aliphatic hydroxyl groups excluding tert-OH is 1. The molecule has 112 valence electrons. The summed E-state index contributed by atoms with van der Waals surface area (Å²) in [5, 5.41) is 19.3. The Morgan fingerprint density at radius 1 is 1.24 bits per heavy atom. The first-order valence-corrected chi connectivity index (χ1v) is 8.19. The smallest absolute Gasteiger partial charge is 0.0992 e. The van der Waals surface area contributed by atoms with Gasteiger partial charge in [0, 0.05) is 23.8 Å². The number of benzene rings is 1. The summed E-state index contributed by atoms with van der Waals surface area (Å²) in [5.41, 5.74) is 2.73. The molecule has 1 saturated heterocycles. The maximum absolute atomic E-state index is 10.1. The van der Waals surface area contributed by atoms with E-state index < -0.39 is 6.10 Å². The normalized spacial score (nSPS) is 26.8. The standard InChI is InChI=1S/C18H24N2O/c1-13(21)16-9-8-14(12-19)11-18(16)20-10-4-6-15-5-2-3-7-17(15)20/h8-9,11,13,15,17,21H,2-7,10H2,1H3/t13?,15-,17-/m1/s1. The predicted octanol–water partition coefficient (Wildman–Crippen LogP) is 3.77. The molecule has 3 rings (SSSR count). The van der Waals surface area contributed by atoms with Crippen LogP contribution in [0.4, 0.5) is 5.69 Å². The Morgan fingerprint density at radius 2 is 2.00 bits per heavy atom. The second-order valence-electron chi connectivity index (χ2n) is 6.51.